The molecule has 0 N–H and O–H groups in total. The highest BCUT2D eigenvalue weighted by molar-refractivity contribution is 8.19. The van der Waals surface area contributed by atoms with E-state index in [1.807, 2.05) is 0 Å². The second-order valence-electron chi connectivity index (χ2n) is 2.97. The first-order chi connectivity index (χ1) is 4.10. The molecule has 9 heavy (non-hydrogen) atoms. The summed E-state index contributed by atoms with van der Waals surface area (Å²) >= 11 is 4.19. The highest BCUT2D eigenvalue weighted by Crippen LogP contribution is 2.44. The Labute approximate surface area is 66.2 Å². The van der Waals surface area contributed by atoms with Gasteiger partial charge in [0.2, 0.25) is 0 Å². The summed E-state index contributed by atoms with van der Waals surface area (Å²) in [5.41, 5.74) is 0. The van der Waals surface area contributed by atoms with Crippen LogP contribution in [0.25, 0.3) is 0 Å². The molecule has 0 spiro atoms. The summed E-state index contributed by atoms with van der Waals surface area (Å²) in [4.78, 5) is 0. The summed E-state index contributed by atoms with van der Waals surface area (Å²) in [7, 11) is 0. The van der Waals surface area contributed by atoms with Crippen LogP contribution in [0.5, 0.6) is 0 Å². The van der Waals surface area contributed by atoms with E-state index in [-0.39, 0.29) is 0 Å². The second kappa shape index (κ2) is 2.75. The Hall–Kier alpha value is 0.700. The molecular formula is C7H14S2. The number of rotatable bonds is 0. The van der Waals surface area contributed by atoms with Gasteiger partial charge in [0.1, 0.15) is 0 Å². The van der Waals surface area contributed by atoms with E-state index < -0.39 is 0 Å². The van der Waals surface area contributed by atoms with Gasteiger partial charge in [0, 0.05) is 5.25 Å². The first-order valence-corrected chi connectivity index (χ1v) is 5.28. The van der Waals surface area contributed by atoms with Gasteiger partial charge in [-0.3, -0.25) is 0 Å². The SMILES string of the molecule is C[C@H]1CCSC(C)(C)S1. The van der Waals surface area contributed by atoms with Crippen molar-refractivity contribution < 1.29 is 0 Å². The molecule has 1 heterocycles. The molecule has 1 saturated heterocycles. The van der Waals surface area contributed by atoms with Crippen LogP contribution in [-0.2, 0) is 0 Å². The largest absolute Gasteiger partial charge is 0.145 e. The highest BCUT2D eigenvalue weighted by atomic mass is 32.2. The topological polar surface area (TPSA) is 0 Å². The van der Waals surface area contributed by atoms with Gasteiger partial charge in [0.05, 0.1) is 4.08 Å². The Morgan fingerprint density at radius 3 is 2.44 bits per heavy atom. The van der Waals surface area contributed by atoms with Crippen LogP contribution in [0, 0.1) is 0 Å². The summed E-state index contributed by atoms with van der Waals surface area (Å²) in [5, 5.41) is 0.876. The predicted octanol–water partition coefficient (Wildman–Crippen LogP) is 2.98. The van der Waals surface area contributed by atoms with Crippen molar-refractivity contribution in [2.45, 2.75) is 36.5 Å². The lowest BCUT2D eigenvalue weighted by molar-refractivity contribution is 0.868. The second-order valence-corrected chi connectivity index (χ2v) is 7.00. The summed E-state index contributed by atoms with van der Waals surface area (Å²) in [6.45, 7) is 6.96. The maximum absolute atomic E-state index is 2.33. The molecule has 2 heteroatoms. The van der Waals surface area contributed by atoms with Crippen molar-refractivity contribution in [3.05, 3.63) is 0 Å². The lowest BCUT2D eigenvalue weighted by Crippen LogP contribution is -2.20. The third kappa shape index (κ3) is 2.42. The van der Waals surface area contributed by atoms with Crippen molar-refractivity contribution >= 4 is 23.5 Å². The molecular weight excluding hydrogens is 148 g/mol. The zero-order valence-electron chi connectivity index (χ0n) is 6.31. The van der Waals surface area contributed by atoms with Gasteiger partial charge in [0.15, 0.2) is 0 Å². The Morgan fingerprint density at radius 1 is 1.44 bits per heavy atom. The number of hydrogen-bond acceptors (Lipinski definition) is 2. The van der Waals surface area contributed by atoms with E-state index in [0.717, 1.165) is 5.25 Å². The standard InChI is InChI=1S/C7H14S2/c1-6-4-5-8-7(2,3)9-6/h6H,4-5H2,1-3H3/t6-/m0/s1. The van der Waals surface area contributed by atoms with Crippen molar-refractivity contribution in [1.29, 1.82) is 0 Å². The van der Waals surface area contributed by atoms with Gasteiger partial charge in [-0.1, -0.05) is 6.92 Å². The Bertz CT molecular complexity index is 99.1. The molecule has 1 atom stereocenters. The highest BCUT2D eigenvalue weighted by Gasteiger charge is 2.26. The van der Waals surface area contributed by atoms with Crippen molar-refractivity contribution in [2.24, 2.45) is 0 Å². The third-order valence-electron chi connectivity index (χ3n) is 1.46. The summed E-state index contributed by atoms with van der Waals surface area (Å²) < 4.78 is 0.484. The first-order valence-electron chi connectivity index (χ1n) is 3.42. The van der Waals surface area contributed by atoms with Crippen LogP contribution in [-0.4, -0.2) is 15.1 Å². The average Bonchev–Trinajstić information content (AvgIpc) is 1.60. The zero-order chi connectivity index (χ0) is 6.91. The molecule has 0 saturated carbocycles. The molecule has 0 amide bonds. The van der Waals surface area contributed by atoms with Gasteiger partial charge >= 0.3 is 0 Å². The molecule has 0 aromatic rings. The van der Waals surface area contributed by atoms with Gasteiger partial charge < -0.3 is 0 Å². The van der Waals surface area contributed by atoms with Gasteiger partial charge in [-0.2, -0.15) is 0 Å². The number of thioether (sulfide) groups is 2. The minimum absolute atomic E-state index is 0.484. The normalized spacial score (nSPS) is 34.3. The van der Waals surface area contributed by atoms with Crippen LogP contribution in [0.1, 0.15) is 27.2 Å². The predicted molar refractivity (Wildman–Crippen MR) is 48.2 cm³/mol. The molecule has 0 aliphatic carbocycles. The molecule has 1 fully saturated rings. The van der Waals surface area contributed by atoms with Crippen molar-refractivity contribution in [1.82, 2.24) is 0 Å². The molecule has 0 aromatic heterocycles. The molecule has 1 aliphatic heterocycles. The van der Waals surface area contributed by atoms with Crippen LogP contribution in [0.3, 0.4) is 0 Å². The van der Waals surface area contributed by atoms with Crippen molar-refractivity contribution in [3.63, 3.8) is 0 Å². The van der Waals surface area contributed by atoms with E-state index in [9.17, 15) is 0 Å². The van der Waals surface area contributed by atoms with E-state index in [2.05, 4.69) is 44.3 Å². The van der Waals surface area contributed by atoms with Crippen LogP contribution in [0.4, 0.5) is 0 Å². The van der Waals surface area contributed by atoms with E-state index >= 15 is 0 Å². The third-order valence-corrected chi connectivity index (χ3v) is 4.44. The molecule has 0 nitrogen and oxygen atoms in total. The summed E-state index contributed by atoms with van der Waals surface area (Å²) in [6, 6.07) is 0. The molecule has 54 valence electrons. The monoisotopic (exact) mass is 162 g/mol. The lowest BCUT2D eigenvalue weighted by atomic mass is 10.4. The fourth-order valence-electron chi connectivity index (χ4n) is 1.05. The van der Waals surface area contributed by atoms with Crippen LogP contribution in [0.15, 0.2) is 0 Å². The smallest absolute Gasteiger partial charge is 0.0557 e. The van der Waals surface area contributed by atoms with Crippen molar-refractivity contribution in [2.75, 3.05) is 5.75 Å². The summed E-state index contributed by atoms with van der Waals surface area (Å²) in [6.07, 6.45) is 1.39. The van der Waals surface area contributed by atoms with Crippen LogP contribution < -0.4 is 0 Å². The van der Waals surface area contributed by atoms with E-state index in [4.69, 9.17) is 0 Å². The van der Waals surface area contributed by atoms with Gasteiger partial charge in [-0.05, 0) is 26.0 Å². The lowest BCUT2D eigenvalue weighted by Gasteiger charge is -2.32. The van der Waals surface area contributed by atoms with Gasteiger partial charge in [-0.15, -0.1) is 23.5 Å². The van der Waals surface area contributed by atoms with Gasteiger partial charge in [-0.25, -0.2) is 0 Å². The Balaban J connectivity index is 2.41. The number of hydrogen-bond donors (Lipinski definition) is 0. The quantitative estimate of drug-likeness (QED) is 0.537. The molecule has 0 aromatic carbocycles. The van der Waals surface area contributed by atoms with E-state index in [0.29, 0.717) is 4.08 Å². The fraction of sp³-hybridized carbons (Fsp3) is 1.00. The van der Waals surface area contributed by atoms with Crippen LogP contribution >= 0.6 is 23.5 Å². The molecule has 0 radical (unpaired) electrons. The zero-order valence-corrected chi connectivity index (χ0v) is 7.94. The van der Waals surface area contributed by atoms with Gasteiger partial charge in [0.25, 0.3) is 0 Å². The maximum Gasteiger partial charge on any atom is 0.0557 e. The minimum Gasteiger partial charge on any atom is -0.145 e. The van der Waals surface area contributed by atoms with E-state index in [1.165, 1.54) is 12.2 Å². The first kappa shape index (κ1) is 7.80. The maximum atomic E-state index is 2.33. The fourth-order valence-corrected chi connectivity index (χ4v) is 4.38. The molecule has 1 rings (SSSR count). The molecule has 0 bridgehead atoms. The van der Waals surface area contributed by atoms with E-state index in [1.54, 1.807) is 0 Å². The average molecular weight is 162 g/mol. The summed E-state index contributed by atoms with van der Waals surface area (Å²) in [5.74, 6) is 1.35. The molecule has 0 unspecified atom stereocenters. The Morgan fingerprint density at radius 2 is 2.11 bits per heavy atom. The van der Waals surface area contributed by atoms with Crippen molar-refractivity contribution in [3.8, 4) is 0 Å². The minimum atomic E-state index is 0.484. The molecule has 1 aliphatic rings. The Kier molecular flexibility index (Phi) is 2.38. The van der Waals surface area contributed by atoms with Crippen LogP contribution in [0.2, 0.25) is 0 Å².